The normalized spacial score (nSPS) is 10.6. The highest BCUT2D eigenvalue weighted by molar-refractivity contribution is 6.30. The summed E-state index contributed by atoms with van der Waals surface area (Å²) >= 11 is 0. The van der Waals surface area contributed by atoms with Crippen LogP contribution in [0.3, 0.4) is 0 Å². The third-order valence-corrected chi connectivity index (χ3v) is 6.97. The van der Waals surface area contributed by atoms with Crippen molar-refractivity contribution in [2.75, 3.05) is 9.80 Å². The van der Waals surface area contributed by atoms with Crippen molar-refractivity contribution in [3.05, 3.63) is 168 Å². The number of amides is 4. The van der Waals surface area contributed by atoms with E-state index in [0.29, 0.717) is 10.8 Å². The molecule has 44 heavy (non-hydrogen) atoms. The number of benzene rings is 5. The number of hydrogen-bond acceptors (Lipinski definition) is 6. The number of carbonyl (C=O) groups is 4. The van der Waals surface area contributed by atoms with Crippen LogP contribution in [0.5, 0.6) is 0 Å². The topological polar surface area (TPSA) is 101 Å². The molecule has 1 aromatic heterocycles. The molecule has 8 nitrogen and oxygen atoms in total. The van der Waals surface area contributed by atoms with Crippen LogP contribution in [0.1, 0.15) is 41.4 Å². The molecule has 1 heterocycles. The summed E-state index contributed by atoms with van der Waals surface area (Å²) in [6.07, 6.45) is 0. The van der Waals surface area contributed by atoms with E-state index in [2.05, 4.69) is 10.2 Å². The van der Waals surface area contributed by atoms with Gasteiger partial charge in [0, 0.05) is 33.0 Å². The summed E-state index contributed by atoms with van der Waals surface area (Å²) in [6.45, 7) is 0. The number of aromatic nitrogens is 2. The minimum atomic E-state index is -0.607. The van der Waals surface area contributed by atoms with Crippen molar-refractivity contribution in [1.29, 1.82) is 0 Å². The van der Waals surface area contributed by atoms with Crippen molar-refractivity contribution < 1.29 is 19.2 Å². The van der Waals surface area contributed by atoms with Crippen molar-refractivity contribution in [1.82, 2.24) is 10.2 Å². The minimum Gasteiger partial charge on any atom is -0.268 e. The molecule has 4 amide bonds. The van der Waals surface area contributed by atoms with E-state index < -0.39 is 23.6 Å². The van der Waals surface area contributed by atoms with Crippen molar-refractivity contribution in [3.63, 3.8) is 0 Å². The van der Waals surface area contributed by atoms with Crippen molar-refractivity contribution in [2.24, 2.45) is 0 Å². The van der Waals surface area contributed by atoms with Crippen molar-refractivity contribution >= 4 is 46.0 Å². The van der Waals surface area contributed by atoms with Crippen LogP contribution >= 0.6 is 0 Å². The van der Waals surface area contributed by atoms with E-state index in [1.807, 2.05) is 0 Å². The first-order chi connectivity index (χ1) is 21.5. The number of nitrogens with zero attached hydrogens (tertiary/aromatic N) is 4. The van der Waals surface area contributed by atoms with Gasteiger partial charge in [0.25, 0.3) is 23.6 Å². The molecular formula is C36H24N4O4. The van der Waals surface area contributed by atoms with E-state index in [1.165, 1.54) is 0 Å². The summed E-state index contributed by atoms with van der Waals surface area (Å²) in [6, 6.07) is 40.3. The fourth-order valence-electron chi connectivity index (χ4n) is 4.81. The quantitative estimate of drug-likeness (QED) is 0.207. The number of rotatable bonds is 6. The van der Waals surface area contributed by atoms with Gasteiger partial charge >= 0.3 is 0 Å². The molecule has 0 fully saturated rings. The molecule has 6 rings (SSSR count). The maximum absolute atomic E-state index is 13.9. The Morgan fingerprint density at radius 2 is 0.568 bits per heavy atom. The zero-order valence-electron chi connectivity index (χ0n) is 23.3. The first-order valence-electron chi connectivity index (χ1n) is 13.8. The van der Waals surface area contributed by atoms with Gasteiger partial charge in [0.05, 0.1) is 0 Å². The summed E-state index contributed by atoms with van der Waals surface area (Å²) in [7, 11) is 0. The maximum atomic E-state index is 13.9. The van der Waals surface area contributed by atoms with Crippen molar-refractivity contribution in [3.8, 4) is 0 Å². The zero-order valence-corrected chi connectivity index (χ0v) is 23.3. The lowest BCUT2D eigenvalue weighted by molar-refractivity contribution is 0.0879. The molecule has 5 aromatic carbocycles. The average molecular weight is 577 g/mol. The second-order valence-corrected chi connectivity index (χ2v) is 9.75. The number of carbonyl (C=O) groups excluding carboxylic acids is 4. The number of imide groups is 2. The molecule has 0 atom stereocenters. The Morgan fingerprint density at radius 3 is 0.818 bits per heavy atom. The highest BCUT2D eigenvalue weighted by Crippen LogP contribution is 2.33. The van der Waals surface area contributed by atoms with Gasteiger partial charge in [-0.15, -0.1) is 10.2 Å². The highest BCUT2D eigenvalue weighted by atomic mass is 16.2. The molecule has 0 bridgehead atoms. The van der Waals surface area contributed by atoms with E-state index in [9.17, 15) is 19.2 Å². The van der Waals surface area contributed by atoms with Gasteiger partial charge in [-0.25, -0.2) is 9.80 Å². The van der Waals surface area contributed by atoms with Gasteiger partial charge in [-0.2, -0.15) is 0 Å². The van der Waals surface area contributed by atoms with Crippen molar-refractivity contribution in [2.45, 2.75) is 0 Å². The number of anilines is 2. The predicted molar refractivity (Wildman–Crippen MR) is 168 cm³/mol. The molecule has 0 radical (unpaired) electrons. The van der Waals surface area contributed by atoms with Crippen LogP contribution < -0.4 is 9.80 Å². The number of fused-ring (bicyclic) bond motifs is 1. The molecule has 6 aromatic rings. The Bertz CT molecular complexity index is 1730. The smallest absolute Gasteiger partial charge is 0.266 e. The molecule has 0 saturated carbocycles. The Morgan fingerprint density at radius 1 is 0.341 bits per heavy atom. The largest absolute Gasteiger partial charge is 0.268 e. The third-order valence-electron chi connectivity index (χ3n) is 6.97. The van der Waals surface area contributed by atoms with Gasteiger partial charge in [0.2, 0.25) is 0 Å². The van der Waals surface area contributed by atoms with Crippen LogP contribution in [0.4, 0.5) is 11.6 Å². The molecule has 8 heteroatoms. The van der Waals surface area contributed by atoms with Crippen LogP contribution in [0.2, 0.25) is 0 Å². The first kappa shape index (κ1) is 27.9. The molecular weight excluding hydrogens is 552 g/mol. The second-order valence-electron chi connectivity index (χ2n) is 9.75. The van der Waals surface area contributed by atoms with Crippen LogP contribution in [0, 0.1) is 0 Å². The van der Waals surface area contributed by atoms with Gasteiger partial charge in [-0.05, 0) is 48.5 Å². The fourth-order valence-corrected chi connectivity index (χ4v) is 4.81. The standard InChI is InChI=1S/C36H24N4O4/c41-33(25-15-5-1-6-16-25)39(34(42)26-17-7-2-8-18-26)31-29-23-13-14-24-30(29)32(38-37-31)40(35(43)27-19-9-3-10-20-27)36(44)28-21-11-4-12-22-28/h1-24H. The molecule has 0 spiro atoms. The number of hydrogen-bond donors (Lipinski definition) is 0. The Balaban J connectivity index is 1.56. The van der Waals surface area contributed by atoms with E-state index >= 15 is 0 Å². The lowest BCUT2D eigenvalue weighted by Gasteiger charge is -2.24. The molecule has 0 unspecified atom stereocenters. The van der Waals surface area contributed by atoms with Gasteiger partial charge < -0.3 is 0 Å². The molecule has 0 aliphatic carbocycles. The van der Waals surface area contributed by atoms with Gasteiger partial charge in [-0.3, -0.25) is 19.2 Å². The molecule has 212 valence electrons. The Labute approximate surface area is 252 Å². The second kappa shape index (κ2) is 12.3. The lowest BCUT2D eigenvalue weighted by atomic mass is 10.1. The first-order valence-corrected chi connectivity index (χ1v) is 13.8. The van der Waals surface area contributed by atoms with Crippen LogP contribution in [-0.2, 0) is 0 Å². The molecule has 0 aliphatic rings. The van der Waals surface area contributed by atoms with Crippen LogP contribution in [0.25, 0.3) is 10.8 Å². The van der Waals surface area contributed by atoms with E-state index in [4.69, 9.17) is 0 Å². The zero-order chi connectivity index (χ0) is 30.5. The molecule has 0 aliphatic heterocycles. The third kappa shape index (κ3) is 5.35. The van der Waals surface area contributed by atoms with Gasteiger partial charge in [-0.1, -0.05) is 97.1 Å². The lowest BCUT2D eigenvalue weighted by Crippen LogP contribution is -2.40. The monoisotopic (exact) mass is 576 g/mol. The minimum absolute atomic E-state index is 0.0358. The summed E-state index contributed by atoms with van der Waals surface area (Å²) in [5, 5.41) is 9.41. The molecule has 0 saturated heterocycles. The highest BCUT2D eigenvalue weighted by Gasteiger charge is 2.33. The van der Waals surface area contributed by atoms with Crippen LogP contribution in [0.15, 0.2) is 146 Å². The summed E-state index contributed by atoms with van der Waals surface area (Å²) < 4.78 is 0. The maximum Gasteiger partial charge on any atom is 0.266 e. The fraction of sp³-hybridized carbons (Fsp3) is 0. The SMILES string of the molecule is O=C(c1ccccc1)N(C(=O)c1ccccc1)c1nnc(N(C(=O)c2ccccc2)C(=O)c2ccccc2)c2ccccc12. The molecule has 0 N–H and O–H groups in total. The Kier molecular flexibility index (Phi) is 7.79. The van der Waals surface area contributed by atoms with Crippen LogP contribution in [-0.4, -0.2) is 33.8 Å². The summed E-state index contributed by atoms with van der Waals surface area (Å²) in [5.41, 5.74) is 1.08. The summed E-state index contributed by atoms with van der Waals surface area (Å²) in [4.78, 5) is 57.7. The van der Waals surface area contributed by atoms with E-state index in [-0.39, 0.29) is 33.9 Å². The average Bonchev–Trinajstić information content (AvgIpc) is 3.10. The Hall–Kier alpha value is -6.28. The van der Waals surface area contributed by atoms with E-state index in [0.717, 1.165) is 9.80 Å². The predicted octanol–water partition coefficient (Wildman–Crippen LogP) is 6.60. The van der Waals surface area contributed by atoms with Gasteiger partial charge in [0.1, 0.15) is 0 Å². The van der Waals surface area contributed by atoms with Gasteiger partial charge in [0.15, 0.2) is 11.6 Å². The van der Waals surface area contributed by atoms with E-state index in [1.54, 1.807) is 146 Å². The summed E-state index contributed by atoms with van der Waals surface area (Å²) in [5.74, 6) is -2.50.